The number of carbonyl (C=O) groups is 1. The molecule has 0 radical (unpaired) electrons. The Bertz CT molecular complexity index is 791. The van der Waals surface area contributed by atoms with E-state index in [-0.39, 0.29) is 18.1 Å². The first-order valence-electron chi connectivity index (χ1n) is 10.8. The number of carbonyl (C=O) groups excluding carboxylic acids is 1. The van der Waals surface area contributed by atoms with Gasteiger partial charge in [0.1, 0.15) is 11.5 Å². The van der Waals surface area contributed by atoms with Crippen LogP contribution in [0.3, 0.4) is 0 Å². The predicted octanol–water partition coefficient (Wildman–Crippen LogP) is 3.72. The standard InChI is InChI=1S/C24H30N2O4/c27-23(19-29-21-4-2-1-3-5-21)26-14-10-24(11-15-26)18-20(9-17-30-24)8-16-28-22-6-12-25-13-7-22/h1-7,12-13,20H,8-11,14-19H2. The van der Waals surface area contributed by atoms with E-state index in [0.29, 0.717) is 12.5 Å². The number of benzene rings is 1. The summed E-state index contributed by atoms with van der Waals surface area (Å²) in [5.41, 5.74) is -0.0867. The first-order chi connectivity index (χ1) is 14.7. The van der Waals surface area contributed by atoms with E-state index < -0.39 is 0 Å². The molecule has 2 aromatic rings. The second-order valence-corrected chi connectivity index (χ2v) is 8.19. The molecular formula is C24H30N2O4. The molecule has 6 nitrogen and oxygen atoms in total. The molecule has 160 valence electrons. The van der Waals surface area contributed by atoms with Gasteiger partial charge in [-0.1, -0.05) is 18.2 Å². The van der Waals surface area contributed by atoms with E-state index in [4.69, 9.17) is 14.2 Å². The zero-order valence-corrected chi connectivity index (χ0v) is 17.4. The lowest BCUT2D eigenvalue weighted by Crippen LogP contribution is -2.51. The average Bonchev–Trinajstić information content (AvgIpc) is 2.80. The molecule has 4 rings (SSSR count). The lowest BCUT2D eigenvalue weighted by Gasteiger charge is -2.46. The van der Waals surface area contributed by atoms with Crippen molar-refractivity contribution in [3.8, 4) is 11.5 Å². The van der Waals surface area contributed by atoms with Gasteiger partial charge < -0.3 is 19.1 Å². The molecule has 2 saturated heterocycles. The molecule has 0 N–H and O–H groups in total. The van der Waals surface area contributed by atoms with E-state index >= 15 is 0 Å². The zero-order valence-electron chi connectivity index (χ0n) is 17.4. The normalized spacial score (nSPS) is 20.7. The van der Waals surface area contributed by atoms with Crippen LogP contribution in [0.5, 0.6) is 11.5 Å². The fraction of sp³-hybridized carbons (Fsp3) is 0.500. The van der Waals surface area contributed by atoms with E-state index in [2.05, 4.69) is 4.98 Å². The van der Waals surface area contributed by atoms with E-state index in [1.807, 2.05) is 47.4 Å². The SMILES string of the molecule is O=C(COc1ccccc1)N1CCC2(CC1)CC(CCOc1ccncc1)CCO2. The number of aromatic nitrogens is 1. The lowest BCUT2D eigenvalue weighted by atomic mass is 9.78. The summed E-state index contributed by atoms with van der Waals surface area (Å²) in [5.74, 6) is 2.25. The van der Waals surface area contributed by atoms with Gasteiger partial charge in [-0.2, -0.15) is 0 Å². The van der Waals surface area contributed by atoms with E-state index in [0.717, 1.165) is 63.3 Å². The van der Waals surface area contributed by atoms with Gasteiger partial charge in [0.15, 0.2) is 6.61 Å². The molecule has 0 bridgehead atoms. The van der Waals surface area contributed by atoms with Crippen molar-refractivity contribution in [1.82, 2.24) is 9.88 Å². The monoisotopic (exact) mass is 410 g/mol. The summed E-state index contributed by atoms with van der Waals surface area (Å²) in [7, 11) is 0. The third-order valence-electron chi connectivity index (χ3n) is 6.17. The maximum absolute atomic E-state index is 12.5. The molecule has 2 aliphatic heterocycles. The fourth-order valence-electron chi connectivity index (χ4n) is 4.42. The van der Waals surface area contributed by atoms with Crippen molar-refractivity contribution in [2.45, 2.75) is 37.7 Å². The largest absolute Gasteiger partial charge is 0.493 e. The zero-order chi connectivity index (χ0) is 20.7. The van der Waals surface area contributed by atoms with Gasteiger partial charge in [-0.3, -0.25) is 9.78 Å². The number of likely N-dealkylation sites (tertiary alicyclic amines) is 1. The first kappa shape index (κ1) is 20.7. The smallest absolute Gasteiger partial charge is 0.260 e. The first-order valence-corrected chi connectivity index (χ1v) is 10.8. The quantitative estimate of drug-likeness (QED) is 0.696. The van der Waals surface area contributed by atoms with Crippen LogP contribution < -0.4 is 9.47 Å². The number of rotatable bonds is 7. The highest BCUT2D eigenvalue weighted by Crippen LogP contribution is 2.38. The summed E-state index contributed by atoms with van der Waals surface area (Å²) in [5, 5.41) is 0. The van der Waals surface area contributed by atoms with Crippen LogP contribution in [0.15, 0.2) is 54.9 Å². The van der Waals surface area contributed by atoms with Crippen molar-refractivity contribution < 1.29 is 19.0 Å². The van der Waals surface area contributed by atoms with Gasteiger partial charge >= 0.3 is 0 Å². The fourth-order valence-corrected chi connectivity index (χ4v) is 4.42. The Morgan fingerprint density at radius 3 is 2.57 bits per heavy atom. The van der Waals surface area contributed by atoms with E-state index in [1.54, 1.807) is 12.4 Å². The lowest BCUT2D eigenvalue weighted by molar-refractivity contribution is -0.149. The number of piperidine rings is 1. The molecule has 1 aromatic heterocycles. The third kappa shape index (κ3) is 5.51. The molecule has 0 aliphatic carbocycles. The summed E-state index contributed by atoms with van der Waals surface area (Å²) in [4.78, 5) is 18.4. The van der Waals surface area contributed by atoms with Crippen LogP contribution in [-0.2, 0) is 9.53 Å². The minimum Gasteiger partial charge on any atom is -0.493 e. The van der Waals surface area contributed by atoms with Crippen molar-refractivity contribution in [3.63, 3.8) is 0 Å². The highest BCUT2D eigenvalue weighted by molar-refractivity contribution is 5.77. The van der Waals surface area contributed by atoms with Crippen LogP contribution in [0.25, 0.3) is 0 Å². The summed E-state index contributed by atoms with van der Waals surface area (Å²) in [6, 6.07) is 13.3. The number of nitrogens with zero attached hydrogens (tertiary/aromatic N) is 2. The molecule has 3 heterocycles. The Balaban J connectivity index is 1.20. The van der Waals surface area contributed by atoms with Gasteiger partial charge in [0.2, 0.25) is 0 Å². The molecule has 2 aliphatic rings. The summed E-state index contributed by atoms with van der Waals surface area (Å²) in [6.45, 7) is 3.07. The highest BCUT2D eigenvalue weighted by Gasteiger charge is 2.41. The van der Waals surface area contributed by atoms with E-state index in [1.165, 1.54) is 0 Å². The van der Waals surface area contributed by atoms with Crippen LogP contribution in [-0.4, -0.2) is 54.3 Å². The molecule has 1 spiro atoms. The van der Waals surface area contributed by atoms with Crippen LogP contribution in [0.4, 0.5) is 0 Å². The topological polar surface area (TPSA) is 60.9 Å². The molecule has 1 amide bonds. The number of hydrogen-bond acceptors (Lipinski definition) is 5. The minimum absolute atomic E-state index is 0.0480. The maximum atomic E-state index is 12.5. The summed E-state index contributed by atoms with van der Waals surface area (Å²) in [6.07, 6.45) is 8.44. The molecular weight excluding hydrogens is 380 g/mol. The number of hydrogen-bond donors (Lipinski definition) is 0. The summed E-state index contributed by atoms with van der Waals surface area (Å²) < 4.78 is 17.7. The molecule has 1 unspecified atom stereocenters. The van der Waals surface area contributed by atoms with Crippen molar-refractivity contribution in [3.05, 3.63) is 54.9 Å². The Hall–Kier alpha value is -2.60. The van der Waals surface area contributed by atoms with Crippen molar-refractivity contribution in [2.75, 3.05) is 32.9 Å². The molecule has 30 heavy (non-hydrogen) atoms. The van der Waals surface area contributed by atoms with Crippen molar-refractivity contribution in [1.29, 1.82) is 0 Å². The Labute approximate surface area is 178 Å². The highest BCUT2D eigenvalue weighted by atomic mass is 16.5. The average molecular weight is 411 g/mol. The number of pyridine rings is 1. The third-order valence-corrected chi connectivity index (χ3v) is 6.17. The van der Waals surface area contributed by atoms with Crippen LogP contribution in [0.2, 0.25) is 0 Å². The van der Waals surface area contributed by atoms with Crippen molar-refractivity contribution in [2.24, 2.45) is 5.92 Å². The molecule has 6 heteroatoms. The van der Waals surface area contributed by atoms with Gasteiger partial charge in [0.25, 0.3) is 5.91 Å². The van der Waals surface area contributed by atoms with Gasteiger partial charge in [0.05, 0.1) is 12.2 Å². The van der Waals surface area contributed by atoms with Gasteiger partial charge in [-0.25, -0.2) is 0 Å². The summed E-state index contributed by atoms with van der Waals surface area (Å²) >= 11 is 0. The van der Waals surface area contributed by atoms with Gasteiger partial charge in [-0.15, -0.1) is 0 Å². The van der Waals surface area contributed by atoms with Crippen molar-refractivity contribution >= 4 is 5.91 Å². The Morgan fingerprint density at radius 1 is 1.07 bits per heavy atom. The second kappa shape index (κ2) is 9.94. The van der Waals surface area contributed by atoms with Gasteiger partial charge in [0, 0.05) is 32.1 Å². The minimum atomic E-state index is -0.0867. The Morgan fingerprint density at radius 2 is 1.80 bits per heavy atom. The van der Waals surface area contributed by atoms with Crippen LogP contribution >= 0.6 is 0 Å². The maximum Gasteiger partial charge on any atom is 0.260 e. The number of ether oxygens (including phenoxy) is 3. The van der Waals surface area contributed by atoms with E-state index in [9.17, 15) is 4.79 Å². The molecule has 1 atom stereocenters. The number of para-hydroxylation sites is 1. The molecule has 2 fully saturated rings. The Kier molecular flexibility index (Phi) is 6.84. The second-order valence-electron chi connectivity index (χ2n) is 8.19. The van der Waals surface area contributed by atoms with Crippen LogP contribution in [0, 0.1) is 5.92 Å². The van der Waals surface area contributed by atoms with Crippen LogP contribution in [0.1, 0.15) is 32.1 Å². The molecule has 0 saturated carbocycles. The van der Waals surface area contributed by atoms with Gasteiger partial charge in [-0.05, 0) is 62.3 Å². The molecule has 1 aromatic carbocycles. The predicted molar refractivity (Wildman–Crippen MR) is 114 cm³/mol. The number of amides is 1.